The summed E-state index contributed by atoms with van der Waals surface area (Å²) >= 11 is 6.11. The number of benzene rings is 2. The number of amides is 2. The standard InChI is InChI=1S/C18H17ClN6O2/c1-24(2)18(27)12-7-9-13(10-8-12)20-16(26)11-25-22-17(21-23-25)14-5-3-4-6-15(14)19/h3-10H,11H2,1-2H3,(H,20,26). The predicted molar refractivity (Wildman–Crippen MR) is 101 cm³/mol. The van der Waals surface area contributed by atoms with Crippen molar-refractivity contribution >= 4 is 29.1 Å². The van der Waals surface area contributed by atoms with E-state index >= 15 is 0 Å². The Morgan fingerprint density at radius 1 is 1.11 bits per heavy atom. The Bertz CT molecular complexity index is 968. The zero-order valence-electron chi connectivity index (χ0n) is 14.8. The monoisotopic (exact) mass is 384 g/mol. The second kappa shape index (κ2) is 7.96. The summed E-state index contributed by atoms with van der Waals surface area (Å²) in [4.78, 5) is 26.7. The number of tetrazole rings is 1. The zero-order chi connectivity index (χ0) is 19.4. The van der Waals surface area contributed by atoms with Crippen LogP contribution in [-0.2, 0) is 11.3 Å². The largest absolute Gasteiger partial charge is 0.345 e. The predicted octanol–water partition coefficient (Wildman–Crippen LogP) is 2.33. The molecule has 1 N–H and O–H groups in total. The van der Waals surface area contributed by atoms with E-state index in [-0.39, 0.29) is 18.4 Å². The van der Waals surface area contributed by atoms with Gasteiger partial charge in [-0.15, -0.1) is 10.2 Å². The number of rotatable bonds is 5. The lowest BCUT2D eigenvalue weighted by atomic mass is 10.2. The van der Waals surface area contributed by atoms with E-state index in [0.29, 0.717) is 27.7 Å². The van der Waals surface area contributed by atoms with Gasteiger partial charge in [-0.25, -0.2) is 0 Å². The molecule has 9 heteroatoms. The van der Waals surface area contributed by atoms with Crippen molar-refractivity contribution in [1.29, 1.82) is 0 Å². The molecule has 0 fully saturated rings. The molecule has 0 unspecified atom stereocenters. The molecular formula is C18H17ClN6O2. The summed E-state index contributed by atoms with van der Waals surface area (Å²) in [5.41, 5.74) is 1.76. The normalized spacial score (nSPS) is 10.5. The lowest BCUT2D eigenvalue weighted by Gasteiger charge is -2.10. The number of anilines is 1. The van der Waals surface area contributed by atoms with E-state index in [4.69, 9.17) is 11.6 Å². The third-order valence-corrected chi connectivity index (χ3v) is 4.00. The molecule has 0 bridgehead atoms. The highest BCUT2D eigenvalue weighted by Gasteiger charge is 2.12. The van der Waals surface area contributed by atoms with Crippen molar-refractivity contribution in [3.8, 4) is 11.4 Å². The van der Waals surface area contributed by atoms with Crippen molar-refractivity contribution in [3.63, 3.8) is 0 Å². The molecular weight excluding hydrogens is 368 g/mol. The summed E-state index contributed by atoms with van der Waals surface area (Å²) in [7, 11) is 3.36. The van der Waals surface area contributed by atoms with E-state index in [1.54, 1.807) is 56.6 Å². The Balaban J connectivity index is 1.63. The first-order valence-electron chi connectivity index (χ1n) is 8.08. The molecule has 2 amide bonds. The maximum Gasteiger partial charge on any atom is 0.253 e. The van der Waals surface area contributed by atoms with E-state index in [2.05, 4.69) is 20.7 Å². The number of nitrogens with one attached hydrogen (secondary N) is 1. The van der Waals surface area contributed by atoms with Crippen molar-refractivity contribution in [2.45, 2.75) is 6.54 Å². The SMILES string of the molecule is CN(C)C(=O)c1ccc(NC(=O)Cn2nnc(-c3ccccc3Cl)n2)cc1. The summed E-state index contributed by atoms with van der Waals surface area (Å²) < 4.78 is 0. The Morgan fingerprint density at radius 3 is 2.48 bits per heavy atom. The number of carbonyl (C=O) groups excluding carboxylic acids is 2. The van der Waals surface area contributed by atoms with Crippen molar-refractivity contribution in [2.75, 3.05) is 19.4 Å². The molecule has 0 aliphatic rings. The minimum Gasteiger partial charge on any atom is -0.345 e. The van der Waals surface area contributed by atoms with Crippen LogP contribution >= 0.6 is 11.6 Å². The van der Waals surface area contributed by atoms with Crippen LogP contribution in [0.25, 0.3) is 11.4 Å². The van der Waals surface area contributed by atoms with Gasteiger partial charge in [0.25, 0.3) is 5.91 Å². The molecule has 0 atom stereocenters. The molecule has 0 radical (unpaired) electrons. The van der Waals surface area contributed by atoms with E-state index < -0.39 is 0 Å². The maximum absolute atomic E-state index is 12.2. The quantitative estimate of drug-likeness (QED) is 0.728. The first kappa shape index (κ1) is 18.5. The lowest BCUT2D eigenvalue weighted by Crippen LogP contribution is -2.22. The van der Waals surface area contributed by atoms with Gasteiger partial charge < -0.3 is 10.2 Å². The summed E-state index contributed by atoms with van der Waals surface area (Å²) in [5, 5.41) is 15.2. The fraction of sp³-hybridized carbons (Fsp3) is 0.167. The third-order valence-electron chi connectivity index (χ3n) is 3.67. The molecule has 138 valence electrons. The van der Waals surface area contributed by atoms with Crippen LogP contribution < -0.4 is 5.32 Å². The summed E-state index contributed by atoms with van der Waals surface area (Å²) in [6, 6.07) is 13.8. The molecule has 3 rings (SSSR count). The lowest BCUT2D eigenvalue weighted by molar-refractivity contribution is -0.117. The van der Waals surface area contributed by atoms with Gasteiger partial charge in [0, 0.05) is 30.9 Å². The molecule has 2 aromatic carbocycles. The molecule has 8 nitrogen and oxygen atoms in total. The highest BCUT2D eigenvalue weighted by atomic mass is 35.5. The Hall–Kier alpha value is -3.26. The summed E-state index contributed by atoms with van der Waals surface area (Å²) in [5.74, 6) is -0.0726. The molecule has 0 aliphatic heterocycles. The Labute approximate surface area is 160 Å². The van der Waals surface area contributed by atoms with Gasteiger partial charge >= 0.3 is 0 Å². The number of halogens is 1. The van der Waals surface area contributed by atoms with E-state index in [1.165, 1.54) is 9.70 Å². The Morgan fingerprint density at radius 2 is 1.81 bits per heavy atom. The minimum atomic E-state index is -0.315. The molecule has 1 aromatic heterocycles. The zero-order valence-corrected chi connectivity index (χ0v) is 15.5. The average molecular weight is 385 g/mol. The molecule has 0 aliphatic carbocycles. The van der Waals surface area contributed by atoms with Gasteiger partial charge in [-0.05, 0) is 41.6 Å². The topological polar surface area (TPSA) is 93.0 Å². The van der Waals surface area contributed by atoms with Gasteiger partial charge in [0.15, 0.2) is 0 Å². The van der Waals surface area contributed by atoms with Gasteiger partial charge in [-0.1, -0.05) is 23.7 Å². The van der Waals surface area contributed by atoms with Crippen LogP contribution in [0.1, 0.15) is 10.4 Å². The number of nitrogens with zero attached hydrogens (tertiary/aromatic N) is 5. The van der Waals surface area contributed by atoms with Crippen LogP contribution in [0, 0.1) is 0 Å². The van der Waals surface area contributed by atoms with Crippen LogP contribution in [0.5, 0.6) is 0 Å². The number of hydrogen-bond acceptors (Lipinski definition) is 5. The van der Waals surface area contributed by atoms with Crippen molar-refractivity contribution in [3.05, 3.63) is 59.1 Å². The molecule has 27 heavy (non-hydrogen) atoms. The van der Waals surface area contributed by atoms with Gasteiger partial charge in [-0.2, -0.15) is 4.80 Å². The van der Waals surface area contributed by atoms with Gasteiger partial charge in [0.05, 0.1) is 5.02 Å². The third kappa shape index (κ3) is 4.48. The highest BCUT2D eigenvalue weighted by molar-refractivity contribution is 6.33. The first-order valence-corrected chi connectivity index (χ1v) is 8.46. The van der Waals surface area contributed by atoms with Crippen molar-refractivity contribution < 1.29 is 9.59 Å². The van der Waals surface area contributed by atoms with E-state index in [1.807, 2.05) is 6.07 Å². The molecule has 3 aromatic rings. The molecule has 1 heterocycles. The van der Waals surface area contributed by atoms with Crippen LogP contribution in [0.3, 0.4) is 0 Å². The number of aromatic nitrogens is 4. The number of carbonyl (C=O) groups is 2. The van der Waals surface area contributed by atoms with E-state index in [9.17, 15) is 9.59 Å². The second-order valence-electron chi connectivity index (χ2n) is 5.95. The average Bonchev–Trinajstić information content (AvgIpc) is 3.10. The maximum atomic E-state index is 12.2. The van der Waals surface area contributed by atoms with Crippen LogP contribution in [0.15, 0.2) is 48.5 Å². The number of hydrogen-bond donors (Lipinski definition) is 1. The second-order valence-corrected chi connectivity index (χ2v) is 6.36. The van der Waals surface area contributed by atoms with Crippen LogP contribution in [0.4, 0.5) is 5.69 Å². The van der Waals surface area contributed by atoms with Crippen molar-refractivity contribution in [1.82, 2.24) is 25.1 Å². The summed E-state index contributed by atoms with van der Waals surface area (Å²) in [6.07, 6.45) is 0. The van der Waals surface area contributed by atoms with Crippen molar-refractivity contribution in [2.24, 2.45) is 0 Å². The van der Waals surface area contributed by atoms with Gasteiger partial charge in [0.1, 0.15) is 6.54 Å². The minimum absolute atomic E-state index is 0.101. The Kier molecular flexibility index (Phi) is 5.46. The highest BCUT2D eigenvalue weighted by Crippen LogP contribution is 2.23. The first-order chi connectivity index (χ1) is 12.9. The fourth-order valence-electron chi connectivity index (χ4n) is 2.34. The van der Waals surface area contributed by atoms with Gasteiger partial charge in [-0.3, -0.25) is 9.59 Å². The molecule has 0 saturated heterocycles. The molecule has 0 saturated carbocycles. The van der Waals surface area contributed by atoms with Crippen LogP contribution in [-0.4, -0.2) is 51.0 Å². The summed E-state index contributed by atoms with van der Waals surface area (Å²) in [6.45, 7) is -0.101. The van der Waals surface area contributed by atoms with E-state index in [0.717, 1.165) is 0 Å². The van der Waals surface area contributed by atoms with Crippen LogP contribution in [0.2, 0.25) is 5.02 Å². The van der Waals surface area contributed by atoms with Gasteiger partial charge in [0.2, 0.25) is 11.7 Å². The fourth-order valence-corrected chi connectivity index (χ4v) is 2.56. The smallest absolute Gasteiger partial charge is 0.253 e. The molecule has 0 spiro atoms.